The summed E-state index contributed by atoms with van der Waals surface area (Å²) in [5, 5.41) is 0. The monoisotopic (exact) mass is 413 g/mol. The third-order valence-corrected chi connectivity index (χ3v) is 5.71. The lowest BCUT2D eigenvalue weighted by atomic mass is 9.94. The van der Waals surface area contributed by atoms with Crippen molar-refractivity contribution in [2.45, 2.75) is 31.7 Å². The van der Waals surface area contributed by atoms with E-state index < -0.39 is 0 Å². The molecule has 1 atom stereocenters. The Morgan fingerprint density at radius 1 is 1.00 bits per heavy atom. The van der Waals surface area contributed by atoms with Crippen molar-refractivity contribution in [2.24, 2.45) is 0 Å². The number of piperidine rings is 1. The third-order valence-electron chi connectivity index (χ3n) is 5.71. The Bertz CT molecular complexity index is 903. The van der Waals surface area contributed by atoms with Crippen LogP contribution in [-0.4, -0.2) is 51.5 Å². The minimum absolute atomic E-state index is 0.0281. The molecule has 30 heavy (non-hydrogen) atoms. The summed E-state index contributed by atoms with van der Waals surface area (Å²) in [5.74, 6) is 2.94. The standard InChI is InChI=1S/C23H27NO6/c1-26-20-12-16(13-21(27-2)22(20)28-3)23(25)24-9-5-4-6-17(24)10-15-7-8-18-19(11-15)30-14-29-18/h7-8,11-13,17H,4-6,9-10,14H2,1-3H3. The molecule has 0 aromatic heterocycles. The number of carbonyl (C=O) groups is 1. The largest absolute Gasteiger partial charge is 0.493 e. The fourth-order valence-corrected chi connectivity index (χ4v) is 4.19. The van der Waals surface area contributed by atoms with Gasteiger partial charge in [-0.15, -0.1) is 0 Å². The number of hydrogen-bond donors (Lipinski definition) is 0. The maximum Gasteiger partial charge on any atom is 0.254 e. The number of ether oxygens (including phenoxy) is 5. The Kier molecular flexibility index (Phi) is 5.88. The summed E-state index contributed by atoms with van der Waals surface area (Å²) in [5.41, 5.74) is 1.66. The molecule has 1 fully saturated rings. The summed E-state index contributed by atoms with van der Waals surface area (Å²) < 4.78 is 27.1. The van der Waals surface area contributed by atoms with Crippen LogP contribution >= 0.6 is 0 Å². The topological polar surface area (TPSA) is 66.5 Å². The molecule has 0 bridgehead atoms. The van der Waals surface area contributed by atoms with E-state index in [4.69, 9.17) is 23.7 Å². The van der Waals surface area contributed by atoms with E-state index in [1.54, 1.807) is 33.5 Å². The van der Waals surface area contributed by atoms with Gasteiger partial charge in [-0.25, -0.2) is 0 Å². The minimum atomic E-state index is -0.0281. The molecule has 2 aliphatic rings. The van der Waals surface area contributed by atoms with Crippen LogP contribution in [-0.2, 0) is 6.42 Å². The maximum absolute atomic E-state index is 13.5. The number of methoxy groups -OCH3 is 3. The molecule has 4 rings (SSSR count). The molecule has 0 saturated carbocycles. The number of fused-ring (bicyclic) bond motifs is 1. The Labute approximate surface area is 176 Å². The molecule has 7 nitrogen and oxygen atoms in total. The fourth-order valence-electron chi connectivity index (χ4n) is 4.19. The van der Waals surface area contributed by atoms with Crippen molar-refractivity contribution < 1.29 is 28.5 Å². The molecule has 160 valence electrons. The highest BCUT2D eigenvalue weighted by molar-refractivity contribution is 5.96. The van der Waals surface area contributed by atoms with Crippen LogP contribution in [0.5, 0.6) is 28.7 Å². The Morgan fingerprint density at radius 2 is 1.73 bits per heavy atom. The molecule has 1 amide bonds. The second-order valence-corrected chi connectivity index (χ2v) is 7.45. The first-order chi connectivity index (χ1) is 14.6. The molecular formula is C23H27NO6. The first kappa shape index (κ1) is 20.2. The van der Waals surface area contributed by atoms with Crippen molar-refractivity contribution in [2.75, 3.05) is 34.7 Å². The van der Waals surface area contributed by atoms with Gasteiger partial charge in [0.15, 0.2) is 23.0 Å². The molecule has 2 aliphatic heterocycles. The van der Waals surface area contributed by atoms with Crippen LogP contribution in [0, 0.1) is 0 Å². The zero-order chi connectivity index (χ0) is 21.1. The third kappa shape index (κ3) is 3.84. The summed E-state index contributed by atoms with van der Waals surface area (Å²) in [6.45, 7) is 0.985. The van der Waals surface area contributed by atoms with E-state index >= 15 is 0 Å². The quantitative estimate of drug-likeness (QED) is 0.720. The summed E-state index contributed by atoms with van der Waals surface area (Å²) in [4.78, 5) is 15.4. The van der Waals surface area contributed by atoms with Crippen molar-refractivity contribution in [3.05, 3.63) is 41.5 Å². The normalized spacial score (nSPS) is 17.6. The van der Waals surface area contributed by atoms with Gasteiger partial charge in [-0.2, -0.15) is 0 Å². The van der Waals surface area contributed by atoms with E-state index in [2.05, 4.69) is 0 Å². The van der Waals surface area contributed by atoms with Crippen molar-refractivity contribution in [1.29, 1.82) is 0 Å². The van der Waals surface area contributed by atoms with Gasteiger partial charge in [-0.3, -0.25) is 4.79 Å². The van der Waals surface area contributed by atoms with Crippen molar-refractivity contribution >= 4 is 5.91 Å². The number of likely N-dealkylation sites (tertiary alicyclic amines) is 1. The highest BCUT2D eigenvalue weighted by Crippen LogP contribution is 2.39. The zero-order valence-corrected chi connectivity index (χ0v) is 17.6. The SMILES string of the molecule is COc1cc(C(=O)N2CCCCC2Cc2ccc3c(c2)OCO3)cc(OC)c1OC. The predicted molar refractivity (Wildman–Crippen MR) is 111 cm³/mol. The lowest BCUT2D eigenvalue weighted by Gasteiger charge is -2.36. The fraction of sp³-hybridized carbons (Fsp3) is 0.435. The lowest BCUT2D eigenvalue weighted by Crippen LogP contribution is -2.44. The molecule has 1 unspecified atom stereocenters. The van der Waals surface area contributed by atoms with E-state index in [-0.39, 0.29) is 18.7 Å². The lowest BCUT2D eigenvalue weighted by molar-refractivity contribution is 0.0612. The molecule has 0 radical (unpaired) electrons. The van der Waals surface area contributed by atoms with Crippen LogP contribution in [0.4, 0.5) is 0 Å². The van der Waals surface area contributed by atoms with Crippen LogP contribution in [0.3, 0.4) is 0 Å². The number of carbonyl (C=O) groups excluding carboxylic acids is 1. The number of nitrogens with zero attached hydrogens (tertiary/aromatic N) is 1. The molecule has 2 aromatic rings. The predicted octanol–water partition coefficient (Wildman–Crippen LogP) is 3.68. The van der Waals surface area contributed by atoms with E-state index in [0.29, 0.717) is 22.8 Å². The molecular weight excluding hydrogens is 386 g/mol. The molecule has 0 spiro atoms. The molecule has 1 saturated heterocycles. The van der Waals surface area contributed by atoms with Crippen LogP contribution < -0.4 is 23.7 Å². The van der Waals surface area contributed by atoms with Gasteiger partial charge in [-0.05, 0) is 55.5 Å². The average Bonchev–Trinajstić information content (AvgIpc) is 3.25. The van der Waals surface area contributed by atoms with Gasteiger partial charge in [-0.1, -0.05) is 6.07 Å². The van der Waals surface area contributed by atoms with E-state index in [1.807, 2.05) is 23.1 Å². The Balaban J connectivity index is 1.59. The number of rotatable bonds is 6. The molecule has 2 aromatic carbocycles. The Morgan fingerprint density at radius 3 is 2.43 bits per heavy atom. The molecule has 7 heteroatoms. The number of amides is 1. The van der Waals surface area contributed by atoms with E-state index in [9.17, 15) is 4.79 Å². The van der Waals surface area contributed by atoms with Gasteiger partial charge in [0.1, 0.15) is 0 Å². The van der Waals surface area contributed by atoms with Crippen LogP contribution in [0.25, 0.3) is 0 Å². The van der Waals surface area contributed by atoms with Crippen LogP contribution in [0.2, 0.25) is 0 Å². The van der Waals surface area contributed by atoms with Gasteiger partial charge in [0.05, 0.1) is 21.3 Å². The van der Waals surface area contributed by atoms with Crippen molar-refractivity contribution in [1.82, 2.24) is 4.90 Å². The summed E-state index contributed by atoms with van der Waals surface area (Å²) in [6.07, 6.45) is 3.83. The first-order valence-electron chi connectivity index (χ1n) is 10.1. The smallest absolute Gasteiger partial charge is 0.254 e. The maximum atomic E-state index is 13.5. The van der Waals surface area contributed by atoms with Gasteiger partial charge in [0.2, 0.25) is 12.5 Å². The molecule has 0 aliphatic carbocycles. The first-order valence-corrected chi connectivity index (χ1v) is 10.1. The minimum Gasteiger partial charge on any atom is -0.493 e. The van der Waals surface area contributed by atoms with Gasteiger partial charge in [0, 0.05) is 18.2 Å². The van der Waals surface area contributed by atoms with Gasteiger partial charge >= 0.3 is 0 Å². The van der Waals surface area contributed by atoms with Crippen molar-refractivity contribution in [3.8, 4) is 28.7 Å². The summed E-state index contributed by atoms with van der Waals surface area (Å²) in [7, 11) is 4.65. The van der Waals surface area contributed by atoms with Crippen molar-refractivity contribution in [3.63, 3.8) is 0 Å². The highest BCUT2D eigenvalue weighted by atomic mass is 16.7. The Hall–Kier alpha value is -3.09. The van der Waals surface area contributed by atoms with Crippen LogP contribution in [0.1, 0.15) is 35.2 Å². The zero-order valence-electron chi connectivity index (χ0n) is 17.6. The highest BCUT2D eigenvalue weighted by Gasteiger charge is 2.29. The second kappa shape index (κ2) is 8.73. The van der Waals surface area contributed by atoms with Crippen LogP contribution in [0.15, 0.2) is 30.3 Å². The number of hydrogen-bond acceptors (Lipinski definition) is 6. The van der Waals surface area contributed by atoms with Gasteiger partial charge in [0.25, 0.3) is 5.91 Å². The average molecular weight is 413 g/mol. The van der Waals surface area contributed by atoms with E-state index in [1.165, 1.54) is 0 Å². The van der Waals surface area contributed by atoms with Gasteiger partial charge < -0.3 is 28.6 Å². The second-order valence-electron chi connectivity index (χ2n) is 7.45. The number of benzene rings is 2. The molecule has 0 N–H and O–H groups in total. The summed E-state index contributed by atoms with van der Waals surface area (Å²) in [6, 6.07) is 9.55. The van der Waals surface area contributed by atoms with E-state index in [0.717, 1.165) is 49.3 Å². The summed E-state index contributed by atoms with van der Waals surface area (Å²) >= 11 is 0. The molecule has 2 heterocycles.